The molecule has 0 saturated carbocycles. The van der Waals surface area contributed by atoms with Crippen molar-refractivity contribution in [2.24, 2.45) is 0 Å². The molecule has 3 aromatic carbocycles. The molecule has 0 aliphatic rings. The zero-order valence-electron chi connectivity index (χ0n) is 16.7. The average Bonchev–Trinajstić information content (AvgIpc) is 3.35. The van der Waals surface area contributed by atoms with E-state index in [-0.39, 0.29) is 23.1 Å². The SMILES string of the molecule is O=C(Nc1ccc(NC(=O)c2ccccc2-c2ccccc2C(=O)O)cc1)c1ccco1. The molecule has 0 bridgehead atoms. The fraction of sp³-hybridized carbons (Fsp3) is 0. The first-order valence-corrected chi connectivity index (χ1v) is 9.71. The van der Waals surface area contributed by atoms with Gasteiger partial charge in [0.2, 0.25) is 0 Å². The number of benzene rings is 3. The summed E-state index contributed by atoms with van der Waals surface area (Å²) in [6, 6.07) is 23.2. The quantitative estimate of drug-likeness (QED) is 0.395. The van der Waals surface area contributed by atoms with Gasteiger partial charge in [-0.2, -0.15) is 0 Å². The molecule has 0 aliphatic heterocycles. The van der Waals surface area contributed by atoms with E-state index in [1.165, 1.54) is 12.3 Å². The summed E-state index contributed by atoms with van der Waals surface area (Å²) in [5.41, 5.74) is 2.50. The fourth-order valence-electron chi connectivity index (χ4n) is 3.26. The molecule has 0 saturated heterocycles. The maximum Gasteiger partial charge on any atom is 0.336 e. The van der Waals surface area contributed by atoms with E-state index < -0.39 is 5.97 Å². The molecule has 1 heterocycles. The summed E-state index contributed by atoms with van der Waals surface area (Å²) in [5.74, 6) is -1.63. The number of furan rings is 1. The third-order valence-electron chi connectivity index (χ3n) is 4.76. The summed E-state index contributed by atoms with van der Waals surface area (Å²) in [4.78, 5) is 36.6. The predicted octanol–water partition coefficient (Wildman–Crippen LogP) is 5.15. The molecule has 0 atom stereocenters. The van der Waals surface area contributed by atoms with Gasteiger partial charge in [-0.3, -0.25) is 9.59 Å². The molecule has 3 N–H and O–H groups in total. The maximum absolute atomic E-state index is 13.0. The third-order valence-corrected chi connectivity index (χ3v) is 4.76. The van der Waals surface area contributed by atoms with Crippen molar-refractivity contribution in [1.82, 2.24) is 0 Å². The highest BCUT2D eigenvalue weighted by molar-refractivity contribution is 6.10. The number of carbonyl (C=O) groups excluding carboxylic acids is 2. The molecule has 2 amide bonds. The summed E-state index contributed by atoms with van der Waals surface area (Å²) in [6.07, 6.45) is 1.42. The number of carboxylic acids is 1. The summed E-state index contributed by atoms with van der Waals surface area (Å²) in [5, 5.41) is 15.0. The van der Waals surface area contributed by atoms with Gasteiger partial charge in [-0.15, -0.1) is 0 Å². The molecule has 0 radical (unpaired) electrons. The molecule has 0 spiro atoms. The highest BCUT2D eigenvalue weighted by Gasteiger charge is 2.17. The molecule has 7 nitrogen and oxygen atoms in total. The minimum absolute atomic E-state index is 0.115. The fourth-order valence-corrected chi connectivity index (χ4v) is 3.26. The first-order valence-electron chi connectivity index (χ1n) is 9.71. The second-order valence-electron chi connectivity index (χ2n) is 6.86. The van der Waals surface area contributed by atoms with E-state index in [1.54, 1.807) is 78.9 Å². The van der Waals surface area contributed by atoms with E-state index in [0.717, 1.165) is 0 Å². The number of anilines is 2. The molecule has 32 heavy (non-hydrogen) atoms. The van der Waals surface area contributed by atoms with E-state index in [4.69, 9.17) is 4.42 Å². The standard InChI is InChI=1S/C25H18N2O5/c28-23(20-8-3-1-6-18(20)19-7-2-4-9-21(19)25(30)31)26-16-11-13-17(14-12-16)27-24(29)22-10-5-15-32-22/h1-15H,(H,26,28)(H,27,29)(H,30,31). The van der Waals surface area contributed by atoms with Crippen molar-refractivity contribution in [3.05, 3.63) is 108 Å². The van der Waals surface area contributed by atoms with Crippen LogP contribution in [0.4, 0.5) is 11.4 Å². The maximum atomic E-state index is 13.0. The van der Waals surface area contributed by atoms with Crippen LogP contribution in [0, 0.1) is 0 Å². The van der Waals surface area contributed by atoms with Crippen LogP contribution in [0.3, 0.4) is 0 Å². The predicted molar refractivity (Wildman–Crippen MR) is 120 cm³/mol. The van der Waals surface area contributed by atoms with Crippen LogP contribution >= 0.6 is 0 Å². The number of nitrogens with one attached hydrogen (secondary N) is 2. The third kappa shape index (κ3) is 4.41. The van der Waals surface area contributed by atoms with Crippen molar-refractivity contribution in [2.75, 3.05) is 10.6 Å². The van der Waals surface area contributed by atoms with Crippen LogP contribution in [0.1, 0.15) is 31.3 Å². The Morgan fingerprint density at radius 3 is 1.72 bits per heavy atom. The smallest absolute Gasteiger partial charge is 0.336 e. The molecule has 1 aromatic heterocycles. The monoisotopic (exact) mass is 426 g/mol. The van der Waals surface area contributed by atoms with Gasteiger partial charge in [0.1, 0.15) is 0 Å². The van der Waals surface area contributed by atoms with Crippen LogP contribution in [-0.4, -0.2) is 22.9 Å². The van der Waals surface area contributed by atoms with Crippen molar-refractivity contribution in [1.29, 1.82) is 0 Å². The number of amides is 2. The van der Waals surface area contributed by atoms with Crippen molar-refractivity contribution < 1.29 is 23.9 Å². The lowest BCUT2D eigenvalue weighted by Crippen LogP contribution is -2.14. The normalized spacial score (nSPS) is 10.4. The number of rotatable bonds is 6. The van der Waals surface area contributed by atoms with Gasteiger partial charge < -0.3 is 20.2 Å². The van der Waals surface area contributed by atoms with Crippen LogP contribution in [0.25, 0.3) is 11.1 Å². The summed E-state index contributed by atoms with van der Waals surface area (Å²) in [7, 11) is 0. The number of hydrogen-bond donors (Lipinski definition) is 3. The average molecular weight is 426 g/mol. The van der Waals surface area contributed by atoms with Gasteiger partial charge >= 0.3 is 5.97 Å². The van der Waals surface area contributed by atoms with E-state index in [0.29, 0.717) is 28.1 Å². The first-order chi connectivity index (χ1) is 15.5. The van der Waals surface area contributed by atoms with Crippen LogP contribution in [0.15, 0.2) is 95.6 Å². The molecule has 0 aliphatic carbocycles. The minimum Gasteiger partial charge on any atom is -0.478 e. The lowest BCUT2D eigenvalue weighted by Gasteiger charge is -2.13. The topological polar surface area (TPSA) is 109 Å². The number of hydrogen-bond acceptors (Lipinski definition) is 4. The van der Waals surface area contributed by atoms with Crippen LogP contribution in [0.2, 0.25) is 0 Å². The van der Waals surface area contributed by atoms with Crippen molar-refractivity contribution in [3.63, 3.8) is 0 Å². The molecule has 0 fully saturated rings. The summed E-state index contributed by atoms with van der Waals surface area (Å²) >= 11 is 0. The molecule has 4 rings (SSSR count). The minimum atomic E-state index is -1.07. The second-order valence-corrected chi connectivity index (χ2v) is 6.86. The zero-order chi connectivity index (χ0) is 22.5. The van der Waals surface area contributed by atoms with E-state index in [9.17, 15) is 19.5 Å². The molecule has 0 unspecified atom stereocenters. The Morgan fingerprint density at radius 1 is 0.625 bits per heavy atom. The molecule has 158 valence electrons. The lowest BCUT2D eigenvalue weighted by molar-refractivity contribution is 0.0697. The number of carboxylic acid groups (broad SMARTS) is 1. The lowest BCUT2D eigenvalue weighted by atomic mass is 9.95. The first kappa shape index (κ1) is 20.6. The van der Waals surface area contributed by atoms with Crippen molar-refractivity contribution >= 4 is 29.2 Å². The Labute approximate surface area is 183 Å². The zero-order valence-corrected chi connectivity index (χ0v) is 16.7. The van der Waals surface area contributed by atoms with Crippen LogP contribution in [0.5, 0.6) is 0 Å². The largest absolute Gasteiger partial charge is 0.478 e. The molecular formula is C25H18N2O5. The molecular weight excluding hydrogens is 408 g/mol. The Bertz CT molecular complexity index is 1280. The van der Waals surface area contributed by atoms with Crippen molar-refractivity contribution in [3.8, 4) is 11.1 Å². The van der Waals surface area contributed by atoms with E-state index >= 15 is 0 Å². The number of aromatic carboxylic acids is 1. The van der Waals surface area contributed by atoms with Gasteiger partial charge in [-0.1, -0.05) is 36.4 Å². The van der Waals surface area contributed by atoms with Crippen molar-refractivity contribution in [2.45, 2.75) is 0 Å². The van der Waals surface area contributed by atoms with Gasteiger partial charge in [0.15, 0.2) is 5.76 Å². The second kappa shape index (κ2) is 9.01. The van der Waals surface area contributed by atoms with Crippen LogP contribution < -0.4 is 10.6 Å². The Hall–Kier alpha value is -4.65. The van der Waals surface area contributed by atoms with Crippen LogP contribution in [-0.2, 0) is 0 Å². The van der Waals surface area contributed by atoms with Gasteiger partial charge in [-0.25, -0.2) is 4.79 Å². The van der Waals surface area contributed by atoms with E-state index in [1.807, 2.05) is 0 Å². The summed E-state index contributed by atoms with van der Waals surface area (Å²) < 4.78 is 5.06. The summed E-state index contributed by atoms with van der Waals surface area (Å²) in [6.45, 7) is 0. The van der Waals surface area contributed by atoms with Gasteiger partial charge in [0.25, 0.3) is 11.8 Å². The van der Waals surface area contributed by atoms with Gasteiger partial charge in [0, 0.05) is 16.9 Å². The van der Waals surface area contributed by atoms with E-state index in [2.05, 4.69) is 10.6 Å². The Morgan fingerprint density at radius 2 is 1.16 bits per heavy atom. The molecule has 4 aromatic rings. The Kier molecular flexibility index (Phi) is 5.81. The van der Waals surface area contributed by atoms with Gasteiger partial charge in [-0.05, 0) is 59.7 Å². The highest BCUT2D eigenvalue weighted by Crippen LogP contribution is 2.28. The van der Waals surface area contributed by atoms with Gasteiger partial charge in [0.05, 0.1) is 11.8 Å². The Balaban J connectivity index is 1.53. The number of carbonyl (C=O) groups is 3. The highest BCUT2D eigenvalue weighted by atomic mass is 16.4. The molecule has 7 heteroatoms.